The van der Waals surface area contributed by atoms with E-state index in [4.69, 9.17) is 5.11 Å². The minimum atomic E-state index is -0.877. The van der Waals surface area contributed by atoms with Crippen molar-refractivity contribution in [3.8, 4) is 0 Å². The van der Waals surface area contributed by atoms with E-state index in [1.165, 1.54) is 19.3 Å². The number of aromatic amines is 1. The lowest BCUT2D eigenvalue weighted by molar-refractivity contribution is 0.0699. The van der Waals surface area contributed by atoms with Gasteiger partial charge in [0.1, 0.15) is 0 Å². The number of carbonyl (C=O) groups is 1. The molecule has 1 fully saturated rings. The first-order chi connectivity index (χ1) is 8.74. The molecule has 0 amide bonds. The maximum Gasteiger partial charge on any atom is 0.336 e. The number of hydrogen-bond donors (Lipinski definition) is 3. The maximum atomic E-state index is 11.1. The van der Waals surface area contributed by atoms with Gasteiger partial charge in [0.15, 0.2) is 0 Å². The molecule has 1 aliphatic carbocycles. The van der Waals surface area contributed by atoms with E-state index in [1.54, 1.807) is 12.1 Å². The van der Waals surface area contributed by atoms with Gasteiger partial charge in [-0.2, -0.15) is 0 Å². The van der Waals surface area contributed by atoms with Gasteiger partial charge in [-0.1, -0.05) is 12.5 Å². The topological polar surface area (TPSA) is 65.1 Å². The summed E-state index contributed by atoms with van der Waals surface area (Å²) in [7, 11) is 0. The van der Waals surface area contributed by atoms with E-state index < -0.39 is 5.97 Å². The van der Waals surface area contributed by atoms with E-state index in [-0.39, 0.29) is 0 Å². The van der Waals surface area contributed by atoms with Gasteiger partial charge in [0.25, 0.3) is 0 Å². The van der Waals surface area contributed by atoms with Crippen LogP contribution in [0.15, 0.2) is 24.3 Å². The van der Waals surface area contributed by atoms with Gasteiger partial charge in [-0.15, -0.1) is 0 Å². The number of fused-ring (bicyclic) bond motifs is 1. The number of aromatic carboxylic acids is 1. The van der Waals surface area contributed by atoms with Crippen molar-refractivity contribution >= 4 is 16.9 Å². The highest BCUT2D eigenvalue weighted by molar-refractivity contribution is 6.03. The van der Waals surface area contributed by atoms with E-state index in [0.29, 0.717) is 11.6 Å². The Morgan fingerprint density at radius 2 is 2.28 bits per heavy atom. The molecule has 0 atom stereocenters. The third-order valence-corrected chi connectivity index (χ3v) is 3.64. The third kappa shape index (κ3) is 1.99. The minimum absolute atomic E-state index is 0.360. The zero-order valence-corrected chi connectivity index (χ0v) is 10.1. The second kappa shape index (κ2) is 4.46. The smallest absolute Gasteiger partial charge is 0.336 e. The van der Waals surface area contributed by atoms with Crippen molar-refractivity contribution in [2.45, 2.75) is 31.8 Å². The van der Waals surface area contributed by atoms with Crippen LogP contribution in [0.5, 0.6) is 0 Å². The summed E-state index contributed by atoms with van der Waals surface area (Å²) in [5.41, 5.74) is 2.30. The SMILES string of the molecule is O=C(O)c1cccc2[nH]c(CNC3CCC3)cc12. The van der Waals surface area contributed by atoms with E-state index in [2.05, 4.69) is 10.3 Å². The first kappa shape index (κ1) is 11.3. The molecular weight excluding hydrogens is 228 g/mol. The summed E-state index contributed by atoms with van der Waals surface area (Å²) in [6.45, 7) is 0.776. The Balaban J connectivity index is 1.85. The number of carboxylic acids is 1. The number of benzene rings is 1. The van der Waals surface area contributed by atoms with Gasteiger partial charge in [0.2, 0.25) is 0 Å². The standard InChI is InChI=1S/C14H16N2O2/c17-14(18)11-5-2-6-13-12(11)7-10(16-13)8-15-9-3-1-4-9/h2,5-7,9,15-16H,1,3-4,8H2,(H,17,18). The van der Waals surface area contributed by atoms with Crippen molar-refractivity contribution in [2.75, 3.05) is 0 Å². The van der Waals surface area contributed by atoms with E-state index in [0.717, 1.165) is 23.1 Å². The summed E-state index contributed by atoms with van der Waals surface area (Å²) in [6, 6.07) is 7.89. The second-order valence-corrected chi connectivity index (χ2v) is 4.88. The number of nitrogens with one attached hydrogen (secondary N) is 2. The van der Waals surface area contributed by atoms with Gasteiger partial charge in [-0.25, -0.2) is 4.79 Å². The zero-order valence-electron chi connectivity index (χ0n) is 10.1. The molecule has 3 N–H and O–H groups in total. The van der Waals surface area contributed by atoms with Crippen molar-refractivity contribution in [1.82, 2.24) is 10.3 Å². The van der Waals surface area contributed by atoms with Gasteiger partial charge in [0.05, 0.1) is 5.56 Å². The quantitative estimate of drug-likeness (QED) is 0.774. The Morgan fingerprint density at radius 1 is 1.44 bits per heavy atom. The summed E-state index contributed by atoms with van der Waals surface area (Å²) in [5.74, 6) is -0.877. The van der Waals surface area contributed by atoms with Crippen LogP contribution < -0.4 is 5.32 Å². The maximum absolute atomic E-state index is 11.1. The van der Waals surface area contributed by atoms with E-state index >= 15 is 0 Å². The Hall–Kier alpha value is -1.81. The molecule has 1 saturated carbocycles. The number of aromatic nitrogens is 1. The van der Waals surface area contributed by atoms with Crippen LogP contribution in [0, 0.1) is 0 Å². The summed E-state index contributed by atoms with van der Waals surface area (Å²) in [4.78, 5) is 14.4. The normalized spacial score (nSPS) is 15.8. The van der Waals surface area contributed by atoms with Crippen LogP contribution in [0.2, 0.25) is 0 Å². The number of hydrogen-bond acceptors (Lipinski definition) is 2. The van der Waals surface area contributed by atoms with Crippen molar-refractivity contribution in [3.63, 3.8) is 0 Å². The molecule has 1 aromatic carbocycles. The molecule has 0 spiro atoms. The molecule has 94 valence electrons. The van der Waals surface area contributed by atoms with Crippen LogP contribution in [0.3, 0.4) is 0 Å². The summed E-state index contributed by atoms with van der Waals surface area (Å²) in [5, 5.41) is 13.4. The van der Waals surface area contributed by atoms with Crippen LogP contribution in [-0.4, -0.2) is 22.1 Å². The molecule has 1 heterocycles. The lowest BCUT2D eigenvalue weighted by Gasteiger charge is -2.26. The Kier molecular flexibility index (Phi) is 2.80. The van der Waals surface area contributed by atoms with Crippen LogP contribution >= 0.6 is 0 Å². The third-order valence-electron chi connectivity index (χ3n) is 3.64. The highest BCUT2D eigenvalue weighted by Crippen LogP contribution is 2.22. The molecule has 0 saturated heterocycles. The molecular formula is C14H16N2O2. The van der Waals surface area contributed by atoms with Crippen LogP contribution in [-0.2, 0) is 6.54 Å². The fourth-order valence-electron chi connectivity index (χ4n) is 2.36. The van der Waals surface area contributed by atoms with Gasteiger partial charge < -0.3 is 15.4 Å². The molecule has 4 heteroatoms. The fraction of sp³-hybridized carbons (Fsp3) is 0.357. The largest absolute Gasteiger partial charge is 0.478 e. The predicted molar refractivity (Wildman–Crippen MR) is 69.7 cm³/mol. The molecule has 0 aliphatic heterocycles. The molecule has 1 aliphatic rings. The first-order valence-corrected chi connectivity index (χ1v) is 6.31. The van der Waals surface area contributed by atoms with Crippen molar-refractivity contribution in [1.29, 1.82) is 0 Å². The van der Waals surface area contributed by atoms with Gasteiger partial charge >= 0.3 is 5.97 Å². The van der Waals surface area contributed by atoms with E-state index in [1.807, 2.05) is 12.1 Å². The Morgan fingerprint density at radius 3 is 2.94 bits per heavy atom. The highest BCUT2D eigenvalue weighted by Gasteiger charge is 2.17. The first-order valence-electron chi connectivity index (χ1n) is 6.31. The Bertz CT molecular complexity index is 584. The number of H-pyrrole nitrogens is 1. The zero-order chi connectivity index (χ0) is 12.5. The lowest BCUT2D eigenvalue weighted by atomic mass is 9.93. The number of rotatable bonds is 4. The summed E-state index contributed by atoms with van der Waals surface area (Å²) >= 11 is 0. The molecule has 2 aromatic rings. The molecule has 0 radical (unpaired) electrons. The van der Waals surface area contributed by atoms with Gasteiger partial charge in [-0.05, 0) is 31.0 Å². The van der Waals surface area contributed by atoms with Crippen LogP contribution in [0.25, 0.3) is 10.9 Å². The number of carboxylic acid groups (broad SMARTS) is 1. The van der Waals surface area contributed by atoms with Crippen molar-refractivity contribution < 1.29 is 9.90 Å². The summed E-state index contributed by atoms with van der Waals surface area (Å²) < 4.78 is 0. The molecule has 0 unspecified atom stereocenters. The van der Waals surface area contributed by atoms with Gasteiger partial charge in [-0.3, -0.25) is 0 Å². The molecule has 4 nitrogen and oxygen atoms in total. The summed E-state index contributed by atoms with van der Waals surface area (Å²) in [6.07, 6.45) is 3.81. The predicted octanol–water partition coefficient (Wildman–Crippen LogP) is 2.51. The molecule has 0 bridgehead atoms. The average Bonchev–Trinajstić information content (AvgIpc) is 2.68. The molecule has 3 rings (SSSR count). The van der Waals surface area contributed by atoms with Crippen molar-refractivity contribution in [2.24, 2.45) is 0 Å². The van der Waals surface area contributed by atoms with Crippen LogP contribution in [0.1, 0.15) is 35.3 Å². The average molecular weight is 244 g/mol. The minimum Gasteiger partial charge on any atom is -0.478 e. The lowest BCUT2D eigenvalue weighted by Crippen LogP contribution is -2.34. The van der Waals surface area contributed by atoms with E-state index in [9.17, 15) is 4.79 Å². The molecule has 18 heavy (non-hydrogen) atoms. The molecule has 1 aromatic heterocycles. The fourth-order valence-corrected chi connectivity index (χ4v) is 2.36. The monoisotopic (exact) mass is 244 g/mol. The van der Waals surface area contributed by atoms with Crippen molar-refractivity contribution in [3.05, 3.63) is 35.5 Å². The van der Waals surface area contributed by atoms with Crippen LogP contribution in [0.4, 0.5) is 0 Å². The van der Waals surface area contributed by atoms with Gasteiger partial charge in [0, 0.05) is 29.2 Å². The second-order valence-electron chi connectivity index (χ2n) is 4.88. The Labute approximate surface area is 105 Å². The highest BCUT2D eigenvalue weighted by atomic mass is 16.4.